The molecule has 4 aromatic rings. The van der Waals surface area contributed by atoms with Gasteiger partial charge in [0, 0.05) is 49.3 Å². The number of anilines is 1. The summed E-state index contributed by atoms with van der Waals surface area (Å²) in [5, 5.41) is 6.91. The number of pyridine rings is 1. The maximum Gasteiger partial charge on any atom is 0.294 e. The number of aromatic amines is 1. The number of rotatable bonds is 10. The highest BCUT2D eigenvalue weighted by Gasteiger charge is 2.15. The fourth-order valence-electron chi connectivity index (χ4n) is 3.55. The number of nitrogens with one attached hydrogen (secondary N) is 3. The number of amides is 1. The fourth-order valence-corrected chi connectivity index (χ4v) is 3.55. The van der Waals surface area contributed by atoms with Gasteiger partial charge in [0.15, 0.2) is 5.82 Å². The first kappa shape index (κ1) is 22.2. The van der Waals surface area contributed by atoms with E-state index in [1.54, 1.807) is 25.7 Å². The molecule has 4 rings (SSSR count). The van der Waals surface area contributed by atoms with Crippen LogP contribution in [0, 0.1) is 0 Å². The zero-order chi connectivity index (χ0) is 23.0. The van der Waals surface area contributed by atoms with Crippen molar-refractivity contribution in [3.05, 3.63) is 77.1 Å². The summed E-state index contributed by atoms with van der Waals surface area (Å²) in [5.41, 5.74) is 2.85. The zero-order valence-electron chi connectivity index (χ0n) is 18.4. The molecule has 3 heterocycles. The van der Waals surface area contributed by atoms with Crippen molar-refractivity contribution >= 4 is 22.6 Å². The lowest BCUT2D eigenvalue weighted by Gasteiger charge is -2.15. The van der Waals surface area contributed by atoms with E-state index in [9.17, 15) is 9.59 Å². The number of carbonyl (C=O) groups excluding carboxylic acids is 1. The number of H-pyrrole nitrogens is 1. The fraction of sp³-hybridized carbons (Fsp3) is 0.250. The van der Waals surface area contributed by atoms with E-state index in [0.29, 0.717) is 25.4 Å². The highest BCUT2D eigenvalue weighted by molar-refractivity contribution is 5.80. The topological polar surface area (TPSA) is 114 Å². The van der Waals surface area contributed by atoms with Gasteiger partial charge >= 0.3 is 0 Å². The third-order valence-electron chi connectivity index (χ3n) is 5.20. The van der Waals surface area contributed by atoms with Crippen molar-refractivity contribution in [1.29, 1.82) is 0 Å². The number of methoxy groups -OCH3 is 1. The van der Waals surface area contributed by atoms with Gasteiger partial charge in [0.1, 0.15) is 6.54 Å². The monoisotopic (exact) mass is 446 g/mol. The lowest BCUT2D eigenvalue weighted by molar-refractivity contribution is -0.121. The second-order valence-electron chi connectivity index (χ2n) is 7.56. The van der Waals surface area contributed by atoms with Gasteiger partial charge in [-0.2, -0.15) is 0 Å². The molecule has 1 aromatic carbocycles. The maximum absolute atomic E-state index is 13.2. The van der Waals surface area contributed by atoms with E-state index in [1.807, 2.05) is 42.5 Å². The van der Waals surface area contributed by atoms with E-state index < -0.39 is 0 Å². The van der Waals surface area contributed by atoms with Gasteiger partial charge in [-0.25, -0.2) is 4.98 Å². The molecule has 0 saturated carbocycles. The van der Waals surface area contributed by atoms with Crippen LogP contribution in [0.1, 0.15) is 12.1 Å². The third-order valence-corrected chi connectivity index (χ3v) is 5.20. The molecule has 3 aromatic heterocycles. The van der Waals surface area contributed by atoms with Crippen LogP contribution in [-0.4, -0.2) is 45.7 Å². The van der Waals surface area contributed by atoms with Crippen LogP contribution in [-0.2, 0) is 22.6 Å². The van der Waals surface area contributed by atoms with Gasteiger partial charge in [-0.3, -0.25) is 19.1 Å². The molecule has 33 heavy (non-hydrogen) atoms. The molecule has 0 atom stereocenters. The highest BCUT2D eigenvalue weighted by Crippen LogP contribution is 2.18. The van der Waals surface area contributed by atoms with E-state index in [4.69, 9.17) is 4.74 Å². The minimum absolute atomic E-state index is 0.125. The Morgan fingerprint density at radius 2 is 2.03 bits per heavy atom. The lowest BCUT2D eigenvalue weighted by atomic mass is 10.1. The molecule has 9 nitrogen and oxygen atoms in total. The maximum atomic E-state index is 13.2. The molecule has 1 amide bonds. The average Bonchev–Trinajstić information content (AvgIpc) is 3.26. The Morgan fingerprint density at radius 3 is 2.82 bits per heavy atom. The zero-order valence-corrected chi connectivity index (χ0v) is 18.4. The van der Waals surface area contributed by atoms with Crippen molar-refractivity contribution < 1.29 is 9.53 Å². The molecule has 0 saturated heterocycles. The number of fused-ring (bicyclic) bond motifs is 1. The molecule has 0 aliphatic rings. The third kappa shape index (κ3) is 5.45. The second kappa shape index (κ2) is 10.6. The summed E-state index contributed by atoms with van der Waals surface area (Å²) in [6.45, 7) is 1.31. The first-order chi connectivity index (χ1) is 16.2. The lowest BCUT2D eigenvalue weighted by Crippen LogP contribution is -2.34. The Labute approximate surface area is 190 Å². The van der Waals surface area contributed by atoms with Gasteiger partial charge in [-0.05, 0) is 24.1 Å². The molecule has 3 N–H and O–H groups in total. The Balaban J connectivity index is 1.52. The van der Waals surface area contributed by atoms with Gasteiger partial charge < -0.3 is 20.4 Å². The van der Waals surface area contributed by atoms with Crippen LogP contribution >= 0.6 is 0 Å². The Bertz CT molecular complexity index is 1250. The molecule has 170 valence electrons. The Morgan fingerprint density at radius 1 is 1.18 bits per heavy atom. The summed E-state index contributed by atoms with van der Waals surface area (Å²) >= 11 is 0. The minimum atomic E-state index is -0.347. The van der Waals surface area contributed by atoms with Crippen molar-refractivity contribution in [1.82, 2.24) is 24.8 Å². The Kier molecular flexibility index (Phi) is 7.11. The molecule has 0 radical (unpaired) electrons. The van der Waals surface area contributed by atoms with Crippen molar-refractivity contribution in [3.8, 4) is 11.3 Å². The number of benzene rings is 1. The van der Waals surface area contributed by atoms with Crippen LogP contribution in [0.25, 0.3) is 22.2 Å². The van der Waals surface area contributed by atoms with Crippen molar-refractivity contribution in [3.63, 3.8) is 0 Å². The number of nitrogens with zero attached hydrogens (tertiary/aromatic N) is 3. The predicted molar refractivity (Wildman–Crippen MR) is 127 cm³/mol. The smallest absolute Gasteiger partial charge is 0.294 e. The van der Waals surface area contributed by atoms with Gasteiger partial charge in [0.2, 0.25) is 5.91 Å². The molecular formula is C24H26N6O3. The first-order valence-electron chi connectivity index (χ1n) is 10.7. The van der Waals surface area contributed by atoms with Gasteiger partial charge in [-0.1, -0.05) is 30.3 Å². The van der Waals surface area contributed by atoms with E-state index >= 15 is 0 Å². The van der Waals surface area contributed by atoms with Crippen molar-refractivity contribution in [2.24, 2.45) is 0 Å². The molecule has 9 heteroatoms. The summed E-state index contributed by atoms with van der Waals surface area (Å²) in [6, 6.07) is 13.2. The summed E-state index contributed by atoms with van der Waals surface area (Å²) in [6.07, 6.45) is 5.83. The van der Waals surface area contributed by atoms with Crippen LogP contribution in [0.5, 0.6) is 0 Å². The minimum Gasteiger partial charge on any atom is -0.385 e. The molecule has 0 aliphatic heterocycles. The quantitative estimate of drug-likeness (QED) is 0.323. The number of ether oxygens (including phenoxy) is 1. The number of carbonyl (C=O) groups is 1. The number of hydrogen-bond acceptors (Lipinski definition) is 6. The molecule has 0 bridgehead atoms. The molecule has 0 aliphatic carbocycles. The van der Waals surface area contributed by atoms with E-state index in [-0.39, 0.29) is 23.8 Å². The normalized spacial score (nSPS) is 10.9. The summed E-state index contributed by atoms with van der Waals surface area (Å²) in [4.78, 5) is 37.6. The van der Waals surface area contributed by atoms with E-state index in [1.165, 1.54) is 4.57 Å². The Hall–Kier alpha value is -3.98. The van der Waals surface area contributed by atoms with E-state index in [2.05, 4.69) is 25.6 Å². The van der Waals surface area contributed by atoms with Crippen LogP contribution in [0.4, 0.5) is 5.82 Å². The predicted octanol–water partition coefficient (Wildman–Crippen LogP) is 2.55. The molecule has 0 spiro atoms. The summed E-state index contributed by atoms with van der Waals surface area (Å²) < 4.78 is 6.49. The van der Waals surface area contributed by atoms with Crippen LogP contribution in [0.3, 0.4) is 0 Å². The summed E-state index contributed by atoms with van der Waals surface area (Å²) in [5.74, 6) is -0.0655. The SMILES string of the molecule is COCCCNc1ncc(-c2ccccc2)n(CC(=O)NCc2cc3cnccc3[nH]2)c1=O. The average molecular weight is 447 g/mol. The van der Waals surface area contributed by atoms with Crippen LogP contribution in [0.2, 0.25) is 0 Å². The molecule has 0 fully saturated rings. The molecule has 0 unspecified atom stereocenters. The number of hydrogen-bond donors (Lipinski definition) is 3. The standard InChI is InChI=1S/C24H26N6O3/c1-33-11-5-9-26-23-24(32)30(21(15-28-23)17-6-3-2-4-7-17)16-22(31)27-14-19-12-18-13-25-10-8-20(18)29-19/h2-4,6-8,10,12-13,15,29H,5,9,11,14,16H2,1H3,(H,26,28)(H,27,31). The van der Waals surface area contributed by atoms with Crippen LogP contribution in [0.15, 0.2) is 65.8 Å². The number of aromatic nitrogens is 4. The first-order valence-corrected chi connectivity index (χ1v) is 10.7. The summed E-state index contributed by atoms with van der Waals surface area (Å²) in [7, 11) is 1.63. The van der Waals surface area contributed by atoms with Gasteiger partial charge in [0.25, 0.3) is 5.56 Å². The highest BCUT2D eigenvalue weighted by atomic mass is 16.5. The molecular weight excluding hydrogens is 420 g/mol. The van der Waals surface area contributed by atoms with E-state index in [0.717, 1.165) is 28.6 Å². The van der Waals surface area contributed by atoms with Gasteiger partial charge in [-0.15, -0.1) is 0 Å². The van der Waals surface area contributed by atoms with Gasteiger partial charge in [0.05, 0.1) is 18.4 Å². The van der Waals surface area contributed by atoms with Crippen molar-refractivity contribution in [2.75, 3.05) is 25.6 Å². The largest absolute Gasteiger partial charge is 0.385 e. The van der Waals surface area contributed by atoms with Crippen LogP contribution < -0.4 is 16.2 Å². The second-order valence-corrected chi connectivity index (χ2v) is 7.56. The van der Waals surface area contributed by atoms with Crippen molar-refractivity contribution in [2.45, 2.75) is 19.5 Å².